The van der Waals surface area contributed by atoms with E-state index in [-0.39, 0.29) is 19.6 Å². The standard InChI is InChI=1S/C55H98O12S/c1-3-5-7-9-11-13-15-17-19-20-21-22-23-24-25-26-27-28-29-31-33-35-37-39-41-43-45-63-47-49(48-64-55-53(59)54(67-68(60,61)62)52(58)50(46-56)66-55)65-51(57)44-42-40-38-36-34-32-30-18-16-14-12-10-8-6-4-2/h6,8,12,14,18,20-21,30,34,36,49-50,52-56,58-59H,3-5,7,9-11,13,15-17,19,22-29,31-33,35,37-48H2,1-2H3,(H,60,61,62)/b8-6-,14-12-,21-20-,30-18-,36-34-. The van der Waals surface area contributed by atoms with Gasteiger partial charge in [-0.1, -0.05) is 197 Å². The van der Waals surface area contributed by atoms with Gasteiger partial charge in [-0.15, -0.1) is 0 Å². The average Bonchev–Trinajstić information content (AvgIpc) is 3.31. The number of allylic oxidation sites excluding steroid dienone is 10. The molecular formula is C55H98O12S. The van der Waals surface area contributed by atoms with Crippen molar-refractivity contribution in [2.75, 3.05) is 26.4 Å². The van der Waals surface area contributed by atoms with Crippen LogP contribution in [0.4, 0.5) is 0 Å². The summed E-state index contributed by atoms with van der Waals surface area (Å²) < 4.78 is 59.2. The number of ether oxygens (including phenoxy) is 4. The maximum absolute atomic E-state index is 12.9. The van der Waals surface area contributed by atoms with Crippen molar-refractivity contribution in [1.82, 2.24) is 0 Å². The minimum atomic E-state index is -5.07. The van der Waals surface area contributed by atoms with Gasteiger partial charge < -0.3 is 34.3 Å². The summed E-state index contributed by atoms with van der Waals surface area (Å²) in [6, 6.07) is 0. The first-order valence-electron chi connectivity index (χ1n) is 27.0. The molecule has 396 valence electrons. The van der Waals surface area contributed by atoms with Crippen molar-refractivity contribution in [3.05, 3.63) is 60.8 Å². The minimum absolute atomic E-state index is 0.0181. The number of hydrogen-bond acceptors (Lipinski definition) is 11. The van der Waals surface area contributed by atoms with E-state index in [0.717, 1.165) is 57.8 Å². The molecule has 12 nitrogen and oxygen atoms in total. The molecule has 0 radical (unpaired) electrons. The van der Waals surface area contributed by atoms with Gasteiger partial charge in [0.1, 0.15) is 30.5 Å². The number of carbonyl (C=O) groups excluding carboxylic acids is 1. The summed E-state index contributed by atoms with van der Waals surface area (Å²) in [5.41, 5.74) is 0. The summed E-state index contributed by atoms with van der Waals surface area (Å²) in [6.45, 7) is 3.84. The second-order valence-electron chi connectivity index (χ2n) is 18.4. The number of esters is 1. The van der Waals surface area contributed by atoms with Crippen LogP contribution < -0.4 is 0 Å². The Kier molecular flexibility index (Phi) is 43.1. The van der Waals surface area contributed by atoms with Gasteiger partial charge in [-0.3, -0.25) is 9.35 Å². The topological polar surface area (TPSA) is 178 Å². The van der Waals surface area contributed by atoms with Gasteiger partial charge in [0.2, 0.25) is 0 Å². The van der Waals surface area contributed by atoms with Crippen molar-refractivity contribution in [2.45, 2.75) is 256 Å². The molecule has 4 N–H and O–H groups in total. The molecule has 0 saturated carbocycles. The number of rotatable bonds is 47. The largest absolute Gasteiger partial charge is 0.457 e. The lowest BCUT2D eigenvalue weighted by atomic mass is 9.99. The molecule has 0 amide bonds. The molecule has 1 rings (SSSR count). The highest BCUT2D eigenvalue weighted by molar-refractivity contribution is 7.80. The zero-order chi connectivity index (χ0) is 49.6. The highest BCUT2D eigenvalue weighted by Crippen LogP contribution is 2.26. The summed E-state index contributed by atoms with van der Waals surface area (Å²) >= 11 is 0. The van der Waals surface area contributed by atoms with Gasteiger partial charge >= 0.3 is 16.4 Å². The molecule has 6 atom stereocenters. The Labute approximate surface area is 414 Å². The third-order valence-corrected chi connectivity index (χ3v) is 12.6. The van der Waals surface area contributed by atoms with Crippen molar-refractivity contribution in [2.24, 2.45) is 0 Å². The number of hydrogen-bond donors (Lipinski definition) is 4. The van der Waals surface area contributed by atoms with E-state index in [1.165, 1.54) is 135 Å². The van der Waals surface area contributed by atoms with Crippen LogP contribution in [-0.4, -0.2) is 97.5 Å². The SMILES string of the molecule is CC/C=C\C/C=C\C/C=C\C/C=C\CCCCC(=O)OC(COCCCCCCCCCCCCCCCC/C=C\CCCCCCCCCC)COC1OC(CO)C(O)C(OS(=O)(=O)O)C1O. The lowest BCUT2D eigenvalue weighted by Crippen LogP contribution is -2.60. The second-order valence-corrected chi connectivity index (χ2v) is 19.5. The van der Waals surface area contributed by atoms with Gasteiger partial charge in [-0.2, -0.15) is 8.42 Å². The fourth-order valence-electron chi connectivity index (χ4n) is 8.07. The molecule has 1 aliphatic heterocycles. The van der Waals surface area contributed by atoms with Crippen molar-refractivity contribution in [3.63, 3.8) is 0 Å². The molecule has 0 aliphatic carbocycles. The maximum atomic E-state index is 12.9. The normalized spacial score (nSPS) is 19.8. The highest BCUT2D eigenvalue weighted by Gasteiger charge is 2.48. The molecule has 0 aromatic heterocycles. The highest BCUT2D eigenvalue weighted by atomic mass is 32.3. The molecule has 13 heteroatoms. The molecule has 68 heavy (non-hydrogen) atoms. The van der Waals surface area contributed by atoms with Crippen LogP contribution in [0.2, 0.25) is 0 Å². The third kappa shape index (κ3) is 38.5. The summed E-state index contributed by atoms with van der Waals surface area (Å²) in [6.07, 6.45) is 49.9. The molecule has 0 aromatic rings. The Morgan fingerprint density at radius 1 is 0.574 bits per heavy atom. The maximum Gasteiger partial charge on any atom is 0.397 e. The Morgan fingerprint density at radius 2 is 1.01 bits per heavy atom. The Balaban J connectivity index is 2.30. The van der Waals surface area contributed by atoms with E-state index in [2.05, 4.69) is 78.8 Å². The van der Waals surface area contributed by atoms with E-state index < -0.39 is 59.8 Å². The van der Waals surface area contributed by atoms with Crippen LogP contribution in [0.25, 0.3) is 0 Å². The zero-order valence-corrected chi connectivity index (χ0v) is 43.5. The lowest BCUT2D eigenvalue weighted by Gasteiger charge is -2.41. The van der Waals surface area contributed by atoms with Crippen molar-refractivity contribution in [3.8, 4) is 0 Å². The van der Waals surface area contributed by atoms with Crippen LogP contribution in [-0.2, 0) is 38.3 Å². The van der Waals surface area contributed by atoms with Crippen LogP contribution >= 0.6 is 0 Å². The van der Waals surface area contributed by atoms with E-state index in [9.17, 15) is 33.1 Å². The van der Waals surface area contributed by atoms with Gasteiger partial charge in [0.05, 0.1) is 19.8 Å². The van der Waals surface area contributed by atoms with Crippen molar-refractivity contribution >= 4 is 16.4 Å². The Morgan fingerprint density at radius 3 is 1.50 bits per heavy atom. The molecule has 0 spiro atoms. The smallest absolute Gasteiger partial charge is 0.397 e. The van der Waals surface area contributed by atoms with Gasteiger partial charge in [0.15, 0.2) is 6.29 Å². The van der Waals surface area contributed by atoms with Gasteiger partial charge in [0.25, 0.3) is 0 Å². The van der Waals surface area contributed by atoms with Crippen molar-refractivity contribution < 1.29 is 56.2 Å². The average molecular weight is 983 g/mol. The van der Waals surface area contributed by atoms with Crippen LogP contribution in [0.15, 0.2) is 60.8 Å². The number of aliphatic hydroxyl groups excluding tert-OH is 3. The fraction of sp³-hybridized carbons (Fsp3) is 0.800. The molecule has 1 aliphatic rings. The van der Waals surface area contributed by atoms with Gasteiger partial charge in [-0.25, -0.2) is 4.18 Å². The molecule has 1 heterocycles. The molecule has 6 unspecified atom stereocenters. The predicted octanol–water partition coefficient (Wildman–Crippen LogP) is 12.9. The van der Waals surface area contributed by atoms with Crippen LogP contribution in [0.5, 0.6) is 0 Å². The molecule has 0 aromatic carbocycles. The predicted molar refractivity (Wildman–Crippen MR) is 276 cm³/mol. The minimum Gasteiger partial charge on any atom is -0.457 e. The van der Waals surface area contributed by atoms with Crippen LogP contribution in [0, 0.1) is 0 Å². The number of aliphatic hydroxyl groups is 3. The Bertz CT molecular complexity index is 1410. The van der Waals surface area contributed by atoms with Gasteiger partial charge in [0, 0.05) is 13.0 Å². The molecule has 0 bridgehead atoms. The van der Waals surface area contributed by atoms with Crippen molar-refractivity contribution in [1.29, 1.82) is 0 Å². The van der Waals surface area contributed by atoms with Crippen LogP contribution in [0.3, 0.4) is 0 Å². The first kappa shape index (κ1) is 63.8. The van der Waals surface area contributed by atoms with E-state index >= 15 is 0 Å². The number of carbonyl (C=O) groups is 1. The first-order valence-corrected chi connectivity index (χ1v) is 28.4. The zero-order valence-electron chi connectivity index (χ0n) is 42.7. The van der Waals surface area contributed by atoms with Crippen LogP contribution in [0.1, 0.15) is 219 Å². The fourth-order valence-corrected chi connectivity index (χ4v) is 8.58. The quantitative estimate of drug-likeness (QED) is 0.0197. The lowest BCUT2D eigenvalue weighted by molar-refractivity contribution is -0.301. The summed E-state index contributed by atoms with van der Waals surface area (Å²) in [5.74, 6) is -0.438. The summed E-state index contributed by atoms with van der Waals surface area (Å²) in [7, 11) is -5.07. The monoisotopic (exact) mass is 983 g/mol. The molecular weight excluding hydrogens is 885 g/mol. The van der Waals surface area contributed by atoms with E-state index in [0.29, 0.717) is 13.0 Å². The van der Waals surface area contributed by atoms with E-state index in [1.54, 1.807) is 0 Å². The van der Waals surface area contributed by atoms with E-state index in [4.69, 9.17) is 18.9 Å². The first-order chi connectivity index (χ1) is 33.1. The van der Waals surface area contributed by atoms with Gasteiger partial charge in [-0.05, 0) is 77.0 Å². The Hall–Kier alpha value is -2.20. The van der Waals surface area contributed by atoms with E-state index in [1.807, 2.05) is 0 Å². The summed E-state index contributed by atoms with van der Waals surface area (Å²) in [4.78, 5) is 12.9. The molecule has 1 fully saturated rings. The molecule has 1 saturated heterocycles. The summed E-state index contributed by atoms with van der Waals surface area (Å²) in [5, 5.41) is 30.8. The number of unbranched alkanes of at least 4 members (excludes halogenated alkanes) is 24. The third-order valence-electron chi connectivity index (χ3n) is 12.1. The second kappa shape index (κ2) is 45.9.